The summed E-state index contributed by atoms with van der Waals surface area (Å²) in [6, 6.07) is 0. The zero-order chi connectivity index (χ0) is 8.15. The van der Waals surface area contributed by atoms with E-state index >= 15 is 0 Å². The van der Waals surface area contributed by atoms with Gasteiger partial charge in [-0.1, -0.05) is 50.0 Å². The van der Waals surface area contributed by atoms with Gasteiger partial charge in [-0.25, -0.2) is 0 Å². The highest BCUT2D eigenvalue weighted by molar-refractivity contribution is 9.09. The highest BCUT2D eigenvalue weighted by Gasteiger charge is 2.11. The molecule has 0 aliphatic rings. The van der Waals surface area contributed by atoms with E-state index < -0.39 is 0 Å². The highest BCUT2D eigenvalue weighted by Crippen LogP contribution is 2.22. The molecule has 0 fully saturated rings. The van der Waals surface area contributed by atoms with Gasteiger partial charge >= 0.3 is 0 Å². The van der Waals surface area contributed by atoms with Crippen molar-refractivity contribution in [1.82, 2.24) is 0 Å². The maximum atomic E-state index is 3.57. The summed E-state index contributed by atoms with van der Waals surface area (Å²) in [6.07, 6.45) is 2.61. The fraction of sp³-hybridized carbons (Fsp3) is 1.00. The van der Waals surface area contributed by atoms with Gasteiger partial charge in [0.15, 0.2) is 0 Å². The van der Waals surface area contributed by atoms with Gasteiger partial charge in [0.25, 0.3) is 0 Å². The second-order valence-electron chi connectivity index (χ2n) is 3.38. The van der Waals surface area contributed by atoms with Crippen LogP contribution in [0.2, 0.25) is 0 Å². The molecular weight excluding hydrogens is 188 g/mol. The van der Waals surface area contributed by atoms with E-state index in [-0.39, 0.29) is 0 Å². The van der Waals surface area contributed by atoms with Gasteiger partial charge in [-0.05, 0) is 18.3 Å². The molecule has 0 rings (SSSR count). The van der Waals surface area contributed by atoms with Crippen LogP contribution >= 0.6 is 15.9 Å². The quantitative estimate of drug-likeness (QED) is 0.614. The Hall–Kier alpha value is 0.480. The summed E-state index contributed by atoms with van der Waals surface area (Å²) in [5.74, 6) is 1.74. The van der Waals surface area contributed by atoms with Crippen molar-refractivity contribution >= 4 is 15.9 Å². The summed E-state index contributed by atoms with van der Waals surface area (Å²) in [5.41, 5.74) is 0. The average molecular weight is 207 g/mol. The summed E-state index contributed by atoms with van der Waals surface area (Å²) < 4.78 is 0. The maximum Gasteiger partial charge on any atom is 0.0120 e. The van der Waals surface area contributed by atoms with Crippen LogP contribution in [0.3, 0.4) is 0 Å². The Kier molecular flexibility index (Phi) is 5.42. The summed E-state index contributed by atoms with van der Waals surface area (Å²) >= 11 is 3.57. The Morgan fingerprint density at radius 1 is 1.10 bits per heavy atom. The number of alkyl halides is 1. The zero-order valence-corrected chi connectivity index (χ0v) is 9.11. The van der Waals surface area contributed by atoms with Crippen LogP contribution in [-0.2, 0) is 0 Å². The lowest BCUT2D eigenvalue weighted by Gasteiger charge is -2.18. The molecule has 1 heteroatoms. The van der Waals surface area contributed by atoms with E-state index in [4.69, 9.17) is 0 Å². The first-order valence-electron chi connectivity index (χ1n) is 4.22. The van der Waals surface area contributed by atoms with Gasteiger partial charge < -0.3 is 0 Å². The van der Waals surface area contributed by atoms with Crippen molar-refractivity contribution in [2.24, 2.45) is 11.8 Å². The lowest BCUT2D eigenvalue weighted by molar-refractivity contribution is 0.357. The normalized spacial score (nSPS) is 20.1. The molecular formula is C9H19Br. The Bertz CT molecular complexity index is 78.8. The summed E-state index contributed by atoms with van der Waals surface area (Å²) in [6.45, 7) is 9.16. The number of hydrogen-bond donors (Lipinski definition) is 0. The van der Waals surface area contributed by atoms with E-state index in [1.807, 2.05) is 0 Å². The Morgan fingerprint density at radius 3 is 1.90 bits per heavy atom. The molecule has 0 spiro atoms. The van der Waals surface area contributed by atoms with Crippen LogP contribution in [-0.4, -0.2) is 4.83 Å². The number of rotatable bonds is 4. The average Bonchev–Trinajstić information content (AvgIpc) is 1.85. The van der Waals surface area contributed by atoms with Crippen LogP contribution < -0.4 is 0 Å². The molecule has 0 aromatic rings. The molecule has 0 amide bonds. The maximum absolute atomic E-state index is 3.57. The zero-order valence-electron chi connectivity index (χ0n) is 7.52. The first kappa shape index (κ1) is 10.5. The van der Waals surface area contributed by atoms with Crippen molar-refractivity contribution < 1.29 is 0 Å². The molecule has 0 bridgehead atoms. The topological polar surface area (TPSA) is 0 Å². The fourth-order valence-electron chi connectivity index (χ4n) is 1.15. The van der Waals surface area contributed by atoms with Gasteiger partial charge in [0, 0.05) is 4.83 Å². The van der Waals surface area contributed by atoms with E-state index in [0.717, 1.165) is 11.8 Å². The molecule has 0 aromatic heterocycles. The van der Waals surface area contributed by atoms with Crippen molar-refractivity contribution in [2.75, 3.05) is 0 Å². The number of hydrogen-bond acceptors (Lipinski definition) is 0. The predicted molar refractivity (Wildman–Crippen MR) is 51.6 cm³/mol. The summed E-state index contributed by atoms with van der Waals surface area (Å²) in [5, 5.41) is 0. The molecule has 0 heterocycles. The van der Waals surface area contributed by atoms with Crippen LogP contribution in [0.5, 0.6) is 0 Å². The lowest BCUT2D eigenvalue weighted by Crippen LogP contribution is -2.10. The van der Waals surface area contributed by atoms with Crippen molar-refractivity contribution in [3.8, 4) is 0 Å². The van der Waals surface area contributed by atoms with Gasteiger partial charge in [0.05, 0.1) is 0 Å². The van der Waals surface area contributed by atoms with Crippen LogP contribution in [0.1, 0.15) is 40.5 Å². The van der Waals surface area contributed by atoms with E-state index in [1.165, 1.54) is 12.8 Å². The van der Waals surface area contributed by atoms with Crippen molar-refractivity contribution in [1.29, 1.82) is 0 Å². The van der Waals surface area contributed by atoms with Crippen LogP contribution in [0.25, 0.3) is 0 Å². The molecule has 0 aliphatic carbocycles. The third kappa shape index (κ3) is 4.32. The molecule has 0 saturated heterocycles. The van der Waals surface area contributed by atoms with Crippen molar-refractivity contribution in [3.63, 3.8) is 0 Å². The van der Waals surface area contributed by atoms with Crippen molar-refractivity contribution in [3.05, 3.63) is 0 Å². The van der Waals surface area contributed by atoms with Gasteiger partial charge in [-0.15, -0.1) is 0 Å². The minimum absolute atomic E-state index is 0.677. The van der Waals surface area contributed by atoms with E-state index in [9.17, 15) is 0 Å². The van der Waals surface area contributed by atoms with Gasteiger partial charge in [0.2, 0.25) is 0 Å². The largest absolute Gasteiger partial charge is 0.0894 e. The van der Waals surface area contributed by atoms with Gasteiger partial charge in [0.1, 0.15) is 0 Å². The van der Waals surface area contributed by atoms with Crippen molar-refractivity contribution in [2.45, 2.75) is 45.4 Å². The third-order valence-electron chi connectivity index (χ3n) is 2.31. The first-order chi connectivity index (χ1) is 4.57. The van der Waals surface area contributed by atoms with Gasteiger partial charge in [-0.2, -0.15) is 0 Å². The molecule has 10 heavy (non-hydrogen) atoms. The number of halogens is 1. The molecule has 0 nitrogen and oxygen atoms in total. The molecule has 0 radical (unpaired) electrons. The molecule has 0 aliphatic heterocycles. The second-order valence-corrected chi connectivity index (χ2v) is 4.94. The Labute approximate surface area is 73.5 Å². The van der Waals surface area contributed by atoms with Crippen LogP contribution in [0.4, 0.5) is 0 Å². The van der Waals surface area contributed by atoms with Crippen LogP contribution in [0.15, 0.2) is 0 Å². The standard InChI is InChI=1S/C9H19Br/c1-5-7(2)8(3)6-9(4)10/h7-9H,5-6H2,1-4H3. The summed E-state index contributed by atoms with van der Waals surface area (Å²) in [7, 11) is 0. The third-order valence-corrected chi connectivity index (χ3v) is 2.69. The smallest absolute Gasteiger partial charge is 0.0120 e. The lowest BCUT2D eigenvalue weighted by atomic mass is 9.90. The van der Waals surface area contributed by atoms with Gasteiger partial charge in [-0.3, -0.25) is 0 Å². The van der Waals surface area contributed by atoms with E-state index in [1.54, 1.807) is 0 Å². The minimum Gasteiger partial charge on any atom is -0.0894 e. The fourth-order valence-corrected chi connectivity index (χ4v) is 1.74. The monoisotopic (exact) mass is 206 g/mol. The van der Waals surface area contributed by atoms with Crippen LogP contribution in [0, 0.1) is 11.8 Å². The Morgan fingerprint density at radius 2 is 1.60 bits per heavy atom. The highest BCUT2D eigenvalue weighted by atomic mass is 79.9. The van der Waals surface area contributed by atoms with E-state index in [0.29, 0.717) is 4.83 Å². The Balaban J connectivity index is 3.50. The summed E-state index contributed by atoms with van der Waals surface area (Å²) in [4.78, 5) is 0.677. The molecule has 62 valence electrons. The van der Waals surface area contributed by atoms with E-state index in [2.05, 4.69) is 43.6 Å². The molecule has 3 atom stereocenters. The molecule has 0 N–H and O–H groups in total. The molecule has 0 aromatic carbocycles. The first-order valence-corrected chi connectivity index (χ1v) is 5.13. The SMILES string of the molecule is CCC(C)C(C)CC(C)Br. The predicted octanol–water partition coefficient (Wildman–Crippen LogP) is 3.84. The molecule has 0 saturated carbocycles. The second kappa shape index (κ2) is 5.17. The minimum atomic E-state index is 0.677. The molecule has 3 unspecified atom stereocenters.